The Balaban J connectivity index is 3.11. The zero-order chi connectivity index (χ0) is 6.62. The molecule has 0 fully saturated rings. The van der Waals surface area contributed by atoms with Crippen molar-refractivity contribution in [3.63, 3.8) is 0 Å². The van der Waals surface area contributed by atoms with E-state index in [1.807, 2.05) is 0 Å². The van der Waals surface area contributed by atoms with Gasteiger partial charge in [0.25, 0.3) is 0 Å². The fraction of sp³-hybridized carbons (Fsp3) is 1.00. The second kappa shape index (κ2) is 3.78. The van der Waals surface area contributed by atoms with E-state index in [4.69, 9.17) is 11.6 Å². The fourth-order valence-electron chi connectivity index (χ4n) is 0.597. The minimum absolute atomic E-state index is 0.850. The summed E-state index contributed by atoms with van der Waals surface area (Å²) in [6.45, 7) is 0. The first kappa shape index (κ1) is 8.83. The summed E-state index contributed by atoms with van der Waals surface area (Å²) in [5, 5.41) is 1.42. The number of hydrogen-bond donors (Lipinski definition) is 0. The summed E-state index contributed by atoms with van der Waals surface area (Å²) < 4.78 is 0. The SMILES string of the molecule is [CH3][Ge]([CH3])([CH3])[CH2]CCCl. The topological polar surface area (TPSA) is 0 Å². The molecule has 0 aromatic rings. The standard InChI is InChI=1S/C6H15ClGe/c1-8(2,3)6-4-5-7/h4-6H2,1-3H3. The van der Waals surface area contributed by atoms with E-state index in [0.717, 1.165) is 5.88 Å². The van der Waals surface area contributed by atoms with Crippen LogP contribution in [0.1, 0.15) is 6.42 Å². The van der Waals surface area contributed by atoms with Gasteiger partial charge in [-0.25, -0.2) is 0 Å². The summed E-state index contributed by atoms with van der Waals surface area (Å²) in [7, 11) is 0. The molecule has 0 amide bonds. The van der Waals surface area contributed by atoms with Gasteiger partial charge in [0, 0.05) is 0 Å². The van der Waals surface area contributed by atoms with Crippen molar-refractivity contribution < 1.29 is 0 Å². The molecule has 0 rings (SSSR count). The van der Waals surface area contributed by atoms with E-state index in [-0.39, 0.29) is 0 Å². The quantitative estimate of drug-likeness (QED) is 0.480. The monoisotopic (exact) mass is 196 g/mol. The maximum absolute atomic E-state index is 5.54. The van der Waals surface area contributed by atoms with Crippen molar-refractivity contribution in [2.45, 2.75) is 28.9 Å². The Kier molecular flexibility index (Phi) is 4.18. The molecule has 0 saturated heterocycles. The van der Waals surface area contributed by atoms with E-state index < -0.39 is 13.3 Å². The fourth-order valence-corrected chi connectivity index (χ4v) is 3.80. The molecule has 50 valence electrons. The molecule has 0 radical (unpaired) electrons. The number of hydrogen-bond acceptors (Lipinski definition) is 0. The van der Waals surface area contributed by atoms with Gasteiger partial charge in [-0.15, -0.1) is 0 Å². The molecule has 0 aliphatic heterocycles. The molecule has 0 aliphatic rings. The van der Waals surface area contributed by atoms with Crippen LogP contribution in [0.5, 0.6) is 0 Å². The van der Waals surface area contributed by atoms with Crippen molar-refractivity contribution in [1.29, 1.82) is 0 Å². The number of rotatable bonds is 3. The summed E-state index contributed by atoms with van der Waals surface area (Å²) in [5.74, 6) is 8.12. The van der Waals surface area contributed by atoms with Crippen LogP contribution in [0, 0.1) is 0 Å². The van der Waals surface area contributed by atoms with Gasteiger partial charge in [-0.2, -0.15) is 0 Å². The average Bonchev–Trinajstić information content (AvgIpc) is 1.59. The molecule has 8 heavy (non-hydrogen) atoms. The van der Waals surface area contributed by atoms with E-state index in [0.29, 0.717) is 0 Å². The van der Waals surface area contributed by atoms with Gasteiger partial charge in [0.1, 0.15) is 0 Å². The van der Waals surface area contributed by atoms with Crippen LogP contribution in [-0.4, -0.2) is 19.1 Å². The summed E-state index contributed by atoms with van der Waals surface area (Å²) in [4.78, 5) is 0. The van der Waals surface area contributed by atoms with E-state index in [1.54, 1.807) is 0 Å². The molecule has 0 aliphatic carbocycles. The maximum atomic E-state index is 5.54. The third-order valence-corrected chi connectivity index (χ3v) is 5.22. The van der Waals surface area contributed by atoms with Crippen LogP contribution in [0.3, 0.4) is 0 Å². The minimum atomic E-state index is -1.19. The van der Waals surface area contributed by atoms with Crippen molar-refractivity contribution in [3.05, 3.63) is 0 Å². The molecular formula is C6H15ClGe. The van der Waals surface area contributed by atoms with Crippen molar-refractivity contribution >= 4 is 24.9 Å². The van der Waals surface area contributed by atoms with Crippen LogP contribution in [0.4, 0.5) is 0 Å². The third-order valence-electron chi connectivity index (χ3n) is 1.06. The molecule has 0 aromatic carbocycles. The third kappa shape index (κ3) is 6.83. The van der Waals surface area contributed by atoms with E-state index in [2.05, 4.69) is 17.3 Å². The Bertz CT molecular complexity index is 56.0. The van der Waals surface area contributed by atoms with Gasteiger partial charge in [0.15, 0.2) is 0 Å². The zero-order valence-corrected chi connectivity index (χ0v) is 8.85. The Morgan fingerprint density at radius 2 is 1.75 bits per heavy atom. The first-order valence-electron chi connectivity index (χ1n) is 3.12. The van der Waals surface area contributed by atoms with Crippen LogP contribution in [-0.2, 0) is 0 Å². The zero-order valence-electron chi connectivity index (χ0n) is 6.00. The molecule has 0 heterocycles. The molecule has 0 bridgehead atoms. The second-order valence-corrected chi connectivity index (χ2v) is 15.5. The number of alkyl halides is 1. The summed E-state index contributed by atoms with van der Waals surface area (Å²) >= 11 is 4.34. The normalized spacial score (nSPS) is 12.0. The van der Waals surface area contributed by atoms with Gasteiger partial charge in [-0.1, -0.05) is 0 Å². The molecular weight excluding hydrogens is 180 g/mol. The molecule has 2 heteroatoms. The predicted octanol–water partition coefficient (Wildman–Crippen LogP) is 2.95. The van der Waals surface area contributed by atoms with Gasteiger partial charge in [0.2, 0.25) is 0 Å². The second-order valence-electron chi connectivity index (χ2n) is 3.35. The summed E-state index contributed by atoms with van der Waals surface area (Å²) in [6, 6.07) is 0. The van der Waals surface area contributed by atoms with Gasteiger partial charge in [0.05, 0.1) is 0 Å². The summed E-state index contributed by atoms with van der Waals surface area (Å²) in [6.07, 6.45) is 1.23. The summed E-state index contributed by atoms with van der Waals surface area (Å²) in [5.41, 5.74) is 0. The molecule has 0 unspecified atom stereocenters. The first-order chi connectivity index (χ1) is 3.56. The van der Waals surface area contributed by atoms with Crippen LogP contribution in [0.2, 0.25) is 22.5 Å². The van der Waals surface area contributed by atoms with Crippen molar-refractivity contribution in [2.24, 2.45) is 0 Å². The molecule has 0 nitrogen and oxygen atoms in total. The van der Waals surface area contributed by atoms with Crippen LogP contribution < -0.4 is 0 Å². The van der Waals surface area contributed by atoms with Crippen molar-refractivity contribution in [3.8, 4) is 0 Å². The Hall–Kier alpha value is 0.833. The van der Waals surface area contributed by atoms with E-state index in [9.17, 15) is 0 Å². The molecule has 0 aromatic heterocycles. The van der Waals surface area contributed by atoms with Gasteiger partial charge in [-0.05, 0) is 0 Å². The van der Waals surface area contributed by atoms with Crippen molar-refractivity contribution in [2.75, 3.05) is 5.88 Å². The molecule has 0 spiro atoms. The van der Waals surface area contributed by atoms with Crippen LogP contribution in [0.15, 0.2) is 0 Å². The molecule has 0 saturated carbocycles. The first-order valence-corrected chi connectivity index (χ1v) is 11.4. The Labute approximate surface area is 60.0 Å². The van der Waals surface area contributed by atoms with Crippen molar-refractivity contribution in [1.82, 2.24) is 0 Å². The van der Waals surface area contributed by atoms with Crippen LogP contribution >= 0.6 is 11.6 Å². The molecule has 0 N–H and O–H groups in total. The Morgan fingerprint density at radius 1 is 1.25 bits per heavy atom. The van der Waals surface area contributed by atoms with E-state index >= 15 is 0 Å². The van der Waals surface area contributed by atoms with Crippen LogP contribution in [0.25, 0.3) is 0 Å². The average molecular weight is 195 g/mol. The van der Waals surface area contributed by atoms with Gasteiger partial charge < -0.3 is 0 Å². The van der Waals surface area contributed by atoms with Gasteiger partial charge >= 0.3 is 59.7 Å². The Morgan fingerprint density at radius 3 is 1.88 bits per heavy atom. The van der Waals surface area contributed by atoms with E-state index in [1.165, 1.54) is 11.7 Å². The number of halogens is 1. The predicted molar refractivity (Wildman–Crippen MR) is 43.5 cm³/mol. The van der Waals surface area contributed by atoms with Gasteiger partial charge in [-0.3, -0.25) is 0 Å². The molecule has 0 atom stereocenters.